The standard InChI is InChI=1S/C21H12NO.C3H2F2O2.Ir/c1-3-10-18-14(6-1)12-13-19(22-18)17-9-5-8-16-15-7-2-4-11-20(15)23-21(16)17;4-2(6)1-3(5)7;/h1-8,10-13H;1,6H;/q-1;;/b;2-1-;/i1D,2D,3D,4D,5D,6D,7D,8D,10D,11D,12D,13D;;. The zero-order chi connectivity index (χ0) is 31.5. The van der Waals surface area contributed by atoms with E-state index < -0.39 is 84.6 Å². The van der Waals surface area contributed by atoms with Crippen molar-refractivity contribution in [2.45, 2.75) is 0 Å². The number of allylic oxidation sites excluding steroid dienone is 1. The topological polar surface area (TPSA) is 63.3 Å². The second-order valence-electron chi connectivity index (χ2n) is 5.47. The maximum atomic E-state index is 10.9. The normalized spacial score (nSPS) is 16.5. The Bertz CT molecular complexity index is 2030. The molecular formula is C24H14F2IrNO3-. The van der Waals surface area contributed by atoms with Gasteiger partial charge in [-0.2, -0.15) is 8.78 Å². The largest absolute Gasteiger partial charge is 0.501 e. The van der Waals surface area contributed by atoms with Gasteiger partial charge >= 0.3 is 6.04 Å². The number of carbonyl (C=O) groups excluding carboxylic acids is 1. The second-order valence-corrected chi connectivity index (χ2v) is 5.47. The van der Waals surface area contributed by atoms with Crippen molar-refractivity contribution in [2.75, 3.05) is 0 Å². The fourth-order valence-corrected chi connectivity index (χ4v) is 2.45. The summed E-state index contributed by atoms with van der Waals surface area (Å²) in [5.74, 6) is 0. The minimum Gasteiger partial charge on any atom is -0.501 e. The maximum Gasteiger partial charge on any atom is 0.331 e. The van der Waals surface area contributed by atoms with Crippen LogP contribution in [-0.4, -0.2) is 16.1 Å². The molecule has 0 spiro atoms. The third-order valence-electron chi connectivity index (χ3n) is 3.60. The summed E-state index contributed by atoms with van der Waals surface area (Å²) in [5, 5.41) is 6.96. The average molecular weight is 607 g/mol. The summed E-state index contributed by atoms with van der Waals surface area (Å²) in [5.41, 5.74) is -1.23. The van der Waals surface area contributed by atoms with E-state index in [1.807, 2.05) is 0 Å². The van der Waals surface area contributed by atoms with Gasteiger partial charge in [0.2, 0.25) is 0 Å². The minimum absolute atomic E-state index is 0. The molecule has 7 heteroatoms. The van der Waals surface area contributed by atoms with Crippen molar-refractivity contribution in [1.29, 1.82) is 0 Å². The Hall–Kier alpha value is -3.41. The van der Waals surface area contributed by atoms with E-state index in [1.165, 1.54) is 0 Å². The number of fused-ring (bicyclic) bond motifs is 4. The molecule has 0 saturated heterocycles. The van der Waals surface area contributed by atoms with E-state index in [-0.39, 0.29) is 70.3 Å². The molecule has 0 saturated carbocycles. The van der Waals surface area contributed by atoms with Crippen molar-refractivity contribution in [3.63, 3.8) is 0 Å². The molecule has 5 aromatic rings. The molecular weight excluding hydrogens is 580 g/mol. The first-order chi connectivity index (χ1) is 19.5. The van der Waals surface area contributed by atoms with Crippen molar-refractivity contribution in [3.8, 4) is 11.3 Å². The van der Waals surface area contributed by atoms with Crippen molar-refractivity contribution in [1.82, 2.24) is 4.98 Å². The minimum atomic E-state index is -2.00. The fourth-order valence-electron chi connectivity index (χ4n) is 2.45. The summed E-state index contributed by atoms with van der Waals surface area (Å²) in [4.78, 5) is 13.3. The Morgan fingerprint density at radius 1 is 1.03 bits per heavy atom. The molecule has 0 fully saturated rings. The van der Waals surface area contributed by atoms with Crippen LogP contribution in [0.2, 0.25) is 0 Å². The predicted molar refractivity (Wildman–Crippen MR) is 111 cm³/mol. The third-order valence-corrected chi connectivity index (χ3v) is 3.60. The number of aliphatic hydroxyl groups excluding tert-OH is 1. The van der Waals surface area contributed by atoms with E-state index in [9.17, 15) is 8.78 Å². The Morgan fingerprint density at radius 2 is 1.77 bits per heavy atom. The Morgan fingerprint density at radius 3 is 2.52 bits per heavy atom. The van der Waals surface area contributed by atoms with E-state index in [0.717, 1.165) is 0 Å². The Labute approximate surface area is 206 Å². The van der Waals surface area contributed by atoms with Crippen LogP contribution in [0.15, 0.2) is 89.0 Å². The summed E-state index contributed by atoms with van der Waals surface area (Å²) in [6.07, 6.45) is -0.167. The van der Waals surface area contributed by atoms with Crippen LogP contribution in [0, 0.1) is 6.07 Å². The van der Waals surface area contributed by atoms with Gasteiger partial charge in [0.15, 0.2) is 0 Å². The van der Waals surface area contributed by atoms with Crippen LogP contribution in [0.4, 0.5) is 8.78 Å². The first-order valence-corrected chi connectivity index (χ1v) is 7.99. The number of para-hydroxylation sites is 2. The summed E-state index contributed by atoms with van der Waals surface area (Å²) in [7, 11) is 0. The molecule has 0 aliphatic carbocycles. The number of benzene rings is 3. The summed E-state index contributed by atoms with van der Waals surface area (Å²) < 4.78 is 125. The molecule has 0 atom stereocenters. The number of hydrogen-bond acceptors (Lipinski definition) is 4. The van der Waals surface area contributed by atoms with Crippen molar-refractivity contribution < 1.29 is 59.7 Å². The number of nitrogens with zero attached hydrogens (tertiary/aromatic N) is 1. The zero-order valence-electron chi connectivity index (χ0n) is 26.9. The van der Waals surface area contributed by atoms with Crippen LogP contribution in [-0.2, 0) is 24.9 Å². The number of hydrogen-bond donors (Lipinski definition) is 1. The van der Waals surface area contributed by atoms with Gasteiger partial charge in [-0.3, -0.25) is 9.78 Å². The van der Waals surface area contributed by atoms with Crippen molar-refractivity contribution >= 4 is 38.9 Å². The van der Waals surface area contributed by atoms with Gasteiger partial charge in [-0.05, 0) is 24.5 Å². The van der Waals surface area contributed by atoms with Crippen LogP contribution in [0.1, 0.15) is 16.4 Å². The molecule has 2 heterocycles. The molecule has 0 bridgehead atoms. The van der Waals surface area contributed by atoms with Crippen LogP contribution < -0.4 is 0 Å². The molecule has 31 heavy (non-hydrogen) atoms. The van der Waals surface area contributed by atoms with Crippen LogP contribution in [0.5, 0.6) is 0 Å². The summed E-state index contributed by atoms with van der Waals surface area (Å²) >= 11 is 0. The van der Waals surface area contributed by atoms with Crippen molar-refractivity contribution in [2.24, 2.45) is 0 Å². The fraction of sp³-hybridized carbons (Fsp3) is 0. The first-order valence-electron chi connectivity index (χ1n) is 14.0. The first kappa shape index (κ1) is 11.3. The molecule has 2 aromatic heterocycles. The summed E-state index contributed by atoms with van der Waals surface area (Å²) in [6.45, 7) is 0. The molecule has 0 amide bonds. The molecule has 4 nitrogen and oxygen atoms in total. The quantitative estimate of drug-likeness (QED) is 0.109. The van der Waals surface area contributed by atoms with E-state index >= 15 is 0 Å². The predicted octanol–water partition coefficient (Wildman–Crippen LogP) is 6.45. The third kappa shape index (κ3) is 4.85. The molecule has 5 rings (SSSR count). The van der Waals surface area contributed by atoms with Gasteiger partial charge in [0, 0.05) is 26.9 Å². The van der Waals surface area contributed by atoms with Gasteiger partial charge in [-0.25, -0.2) is 0 Å². The monoisotopic (exact) mass is 607 g/mol. The number of aliphatic hydroxyl groups is 1. The SMILES string of the molecule is O=C(F)/C=C(\O)F.[2H]c1[c-]c(-c2nc3c([2H])c([2H])c([2H])c([2H])c3c([2H])c2[2H])c2oc3c([2H])c([2H])c([2H])c([2H])c3c2c1[2H].[Ir]. The van der Waals surface area contributed by atoms with E-state index in [0.29, 0.717) is 0 Å². The van der Waals surface area contributed by atoms with Gasteiger partial charge in [0.05, 0.1) is 30.9 Å². The molecule has 1 N–H and O–H groups in total. The van der Waals surface area contributed by atoms with E-state index in [4.69, 9.17) is 30.8 Å². The number of furan rings is 1. The molecule has 0 aliphatic rings. The summed E-state index contributed by atoms with van der Waals surface area (Å²) in [6, 6.07) is -7.53. The second kappa shape index (κ2) is 9.60. The number of halogens is 2. The van der Waals surface area contributed by atoms with E-state index in [2.05, 4.69) is 11.1 Å². The average Bonchev–Trinajstić information content (AvgIpc) is 3.32. The molecule has 3 aromatic carbocycles. The molecule has 0 unspecified atom stereocenters. The molecule has 0 aliphatic heterocycles. The van der Waals surface area contributed by atoms with E-state index in [1.54, 1.807) is 0 Å². The molecule has 1 radical (unpaired) electrons. The van der Waals surface area contributed by atoms with Gasteiger partial charge < -0.3 is 9.52 Å². The van der Waals surface area contributed by atoms with Crippen molar-refractivity contribution in [3.05, 3.63) is 90.7 Å². The Balaban J connectivity index is 0.000000567. The van der Waals surface area contributed by atoms with Crippen LogP contribution in [0.3, 0.4) is 0 Å². The smallest absolute Gasteiger partial charge is 0.331 e. The molecule has 157 valence electrons. The number of rotatable bonds is 2. The van der Waals surface area contributed by atoms with Gasteiger partial charge in [-0.1, -0.05) is 59.3 Å². The number of carbonyl (C=O) groups is 1. The van der Waals surface area contributed by atoms with Crippen LogP contribution in [0.25, 0.3) is 44.1 Å². The van der Waals surface area contributed by atoms with Crippen LogP contribution >= 0.6 is 0 Å². The number of pyridine rings is 1. The maximum absolute atomic E-state index is 10.9. The van der Waals surface area contributed by atoms with Gasteiger partial charge in [0.25, 0.3) is 6.01 Å². The Kier molecular flexibility index (Phi) is 3.49. The van der Waals surface area contributed by atoms with Gasteiger partial charge in [0.1, 0.15) is 5.58 Å². The zero-order valence-corrected chi connectivity index (χ0v) is 17.3. The number of aromatic nitrogens is 1. The van der Waals surface area contributed by atoms with Gasteiger partial charge in [-0.15, -0.1) is 18.2 Å².